The van der Waals surface area contributed by atoms with Gasteiger partial charge in [0.15, 0.2) is 0 Å². The summed E-state index contributed by atoms with van der Waals surface area (Å²) in [6.45, 7) is 1.95. The van der Waals surface area contributed by atoms with E-state index < -0.39 is 10.0 Å². The average molecular weight is 389 g/mol. The molecule has 1 amide bonds. The van der Waals surface area contributed by atoms with Crippen molar-refractivity contribution in [2.45, 2.75) is 17.8 Å². The molecule has 2 heterocycles. The Kier molecular flexibility index (Phi) is 5.35. The number of nitrogens with zero attached hydrogens (tertiary/aromatic N) is 3. The van der Waals surface area contributed by atoms with Crippen molar-refractivity contribution in [3.8, 4) is 0 Å². The molecule has 10 heteroatoms. The second-order valence-corrected chi connectivity index (χ2v) is 8.26. The Labute approximate surface area is 154 Å². The number of carbonyl (C=O) groups is 1. The van der Waals surface area contributed by atoms with Crippen LogP contribution in [-0.2, 0) is 16.6 Å². The van der Waals surface area contributed by atoms with Gasteiger partial charge in [-0.25, -0.2) is 13.1 Å². The van der Waals surface area contributed by atoms with Crippen molar-refractivity contribution in [2.75, 3.05) is 5.32 Å². The number of aromatic nitrogens is 3. The molecule has 0 aliphatic rings. The van der Waals surface area contributed by atoms with Gasteiger partial charge in [-0.3, -0.25) is 15.1 Å². The minimum Gasteiger partial charge on any atom is -0.296 e. The maximum Gasteiger partial charge on any atom is 0.270 e. The molecule has 0 spiro atoms. The lowest BCUT2D eigenvalue weighted by atomic mass is 10.1. The number of benzene rings is 1. The van der Waals surface area contributed by atoms with Crippen molar-refractivity contribution >= 4 is 32.4 Å². The molecule has 0 bridgehead atoms. The second kappa shape index (κ2) is 7.68. The van der Waals surface area contributed by atoms with E-state index in [-0.39, 0.29) is 21.9 Å². The van der Waals surface area contributed by atoms with Crippen molar-refractivity contribution in [3.05, 3.63) is 65.5 Å². The number of aryl methyl sites for hydroxylation is 1. The van der Waals surface area contributed by atoms with Gasteiger partial charge in [-0.2, -0.15) is 0 Å². The maximum atomic E-state index is 12.3. The van der Waals surface area contributed by atoms with E-state index in [1.807, 2.05) is 19.1 Å². The predicted octanol–water partition coefficient (Wildman–Crippen LogP) is 1.97. The van der Waals surface area contributed by atoms with E-state index in [4.69, 9.17) is 0 Å². The molecule has 0 unspecified atom stereocenters. The van der Waals surface area contributed by atoms with Gasteiger partial charge in [-0.15, -0.1) is 10.2 Å². The number of sulfonamides is 1. The molecule has 0 aliphatic carbocycles. The predicted molar refractivity (Wildman–Crippen MR) is 97.3 cm³/mol. The molecule has 0 atom stereocenters. The summed E-state index contributed by atoms with van der Waals surface area (Å²) in [5.41, 5.74) is 2.06. The van der Waals surface area contributed by atoms with Crippen LogP contribution in [0.3, 0.4) is 0 Å². The fourth-order valence-electron chi connectivity index (χ4n) is 1.98. The summed E-state index contributed by atoms with van der Waals surface area (Å²) in [5, 5.41) is 10.0. The summed E-state index contributed by atoms with van der Waals surface area (Å²) in [6.07, 6.45) is 1.58. The smallest absolute Gasteiger partial charge is 0.270 e. The lowest BCUT2D eigenvalue weighted by Crippen LogP contribution is -2.23. The first-order valence-electron chi connectivity index (χ1n) is 7.55. The first-order valence-corrected chi connectivity index (χ1v) is 9.85. The van der Waals surface area contributed by atoms with E-state index in [0.29, 0.717) is 11.3 Å². The highest BCUT2D eigenvalue weighted by Crippen LogP contribution is 2.20. The Bertz CT molecular complexity index is 1000. The van der Waals surface area contributed by atoms with Crippen LogP contribution in [0.15, 0.2) is 53.0 Å². The van der Waals surface area contributed by atoms with Gasteiger partial charge in [0, 0.05) is 11.8 Å². The number of amides is 1. The zero-order chi connectivity index (χ0) is 18.6. The maximum absolute atomic E-state index is 12.3. The van der Waals surface area contributed by atoms with Gasteiger partial charge in [0.25, 0.3) is 15.9 Å². The fourth-order valence-corrected chi connectivity index (χ4v) is 3.91. The van der Waals surface area contributed by atoms with E-state index in [1.165, 1.54) is 0 Å². The average Bonchev–Trinajstić information content (AvgIpc) is 3.11. The summed E-state index contributed by atoms with van der Waals surface area (Å²) in [4.78, 5) is 16.2. The molecule has 0 fully saturated rings. The van der Waals surface area contributed by atoms with Crippen LogP contribution in [0.2, 0.25) is 0 Å². The number of carbonyl (C=O) groups excluding carboxylic acids is 1. The van der Waals surface area contributed by atoms with Crippen LogP contribution in [0.4, 0.5) is 5.13 Å². The number of rotatable bonds is 6. The zero-order valence-corrected chi connectivity index (χ0v) is 15.3. The standard InChI is InChI=1S/C16H15N5O3S2/c1-11-5-7-12(8-6-11)14(22)19-15-20-21-16(25-15)26(23,24)18-10-13-4-2-3-9-17-13/h2-9,18H,10H2,1H3,(H,19,20,22). The van der Waals surface area contributed by atoms with Crippen molar-refractivity contribution in [2.24, 2.45) is 0 Å². The fraction of sp³-hybridized carbons (Fsp3) is 0.125. The highest BCUT2D eigenvalue weighted by molar-refractivity contribution is 7.91. The highest BCUT2D eigenvalue weighted by atomic mass is 32.2. The first-order chi connectivity index (χ1) is 12.4. The molecule has 0 radical (unpaired) electrons. The largest absolute Gasteiger partial charge is 0.296 e. The third kappa shape index (κ3) is 4.48. The quantitative estimate of drug-likeness (QED) is 0.623. The molecule has 0 aliphatic heterocycles. The Hall–Kier alpha value is -2.69. The molecule has 0 saturated heterocycles. The van der Waals surface area contributed by atoms with E-state index in [1.54, 1.807) is 36.5 Å². The summed E-state index contributed by atoms with van der Waals surface area (Å²) in [6, 6.07) is 12.2. The van der Waals surface area contributed by atoms with Gasteiger partial charge in [0.05, 0.1) is 12.2 Å². The van der Waals surface area contributed by atoms with Gasteiger partial charge in [0.1, 0.15) is 0 Å². The van der Waals surface area contributed by atoms with E-state index in [2.05, 4.69) is 25.2 Å². The number of nitrogens with one attached hydrogen (secondary N) is 2. The van der Waals surface area contributed by atoms with Crippen LogP contribution >= 0.6 is 11.3 Å². The summed E-state index contributed by atoms with van der Waals surface area (Å²) in [5.74, 6) is -0.383. The van der Waals surface area contributed by atoms with Crippen LogP contribution in [0.25, 0.3) is 0 Å². The van der Waals surface area contributed by atoms with Crippen molar-refractivity contribution in [1.29, 1.82) is 0 Å². The summed E-state index contributed by atoms with van der Waals surface area (Å²) < 4.78 is 26.7. The molecule has 26 heavy (non-hydrogen) atoms. The minimum absolute atomic E-state index is 0.0355. The van der Waals surface area contributed by atoms with Gasteiger partial charge in [0.2, 0.25) is 9.47 Å². The highest BCUT2D eigenvalue weighted by Gasteiger charge is 2.21. The first kappa shape index (κ1) is 18.1. The molecule has 2 N–H and O–H groups in total. The Balaban J connectivity index is 1.66. The minimum atomic E-state index is -3.84. The number of hydrogen-bond acceptors (Lipinski definition) is 7. The van der Waals surface area contributed by atoms with Crippen molar-refractivity contribution in [3.63, 3.8) is 0 Å². The lowest BCUT2D eigenvalue weighted by Gasteiger charge is -2.02. The van der Waals surface area contributed by atoms with Crippen LogP contribution < -0.4 is 10.0 Å². The third-order valence-electron chi connectivity index (χ3n) is 3.34. The number of hydrogen-bond donors (Lipinski definition) is 2. The van der Waals surface area contributed by atoms with Crippen molar-refractivity contribution in [1.82, 2.24) is 19.9 Å². The Morgan fingerprint density at radius 2 is 1.88 bits per heavy atom. The van der Waals surface area contributed by atoms with Crippen molar-refractivity contribution < 1.29 is 13.2 Å². The van der Waals surface area contributed by atoms with Gasteiger partial charge in [-0.05, 0) is 31.2 Å². The number of anilines is 1. The third-order valence-corrected chi connectivity index (χ3v) is 5.95. The monoisotopic (exact) mass is 389 g/mol. The van der Waals surface area contributed by atoms with E-state index in [0.717, 1.165) is 16.9 Å². The van der Waals surface area contributed by atoms with Crippen LogP contribution in [0.5, 0.6) is 0 Å². The topological polar surface area (TPSA) is 114 Å². The van der Waals surface area contributed by atoms with Crippen LogP contribution in [0, 0.1) is 6.92 Å². The SMILES string of the molecule is Cc1ccc(C(=O)Nc2nnc(S(=O)(=O)NCc3ccccn3)s2)cc1. The van der Waals surface area contributed by atoms with E-state index in [9.17, 15) is 13.2 Å². The van der Waals surface area contributed by atoms with E-state index >= 15 is 0 Å². The molecule has 2 aromatic heterocycles. The molecular formula is C16H15N5O3S2. The molecule has 1 aromatic carbocycles. The Morgan fingerprint density at radius 3 is 2.58 bits per heavy atom. The molecule has 3 aromatic rings. The molecule has 0 saturated carbocycles. The molecular weight excluding hydrogens is 374 g/mol. The zero-order valence-electron chi connectivity index (χ0n) is 13.7. The van der Waals surface area contributed by atoms with Gasteiger partial charge in [-0.1, -0.05) is 35.1 Å². The molecule has 3 rings (SSSR count). The van der Waals surface area contributed by atoms with Crippen LogP contribution in [-0.4, -0.2) is 29.5 Å². The summed E-state index contributed by atoms with van der Waals surface area (Å²) in [7, 11) is -3.84. The number of pyridine rings is 1. The summed E-state index contributed by atoms with van der Waals surface area (Å²) >= 11 is 0.776. The normalized spacial score (nSPS) is 11.3. The lowest BCUT2D eigenvalue weighted by molar-refractivity contribution is 0.102. The Morgan fingerprint density at radius 1 is 1.12 bits per heavy atom. The van der Waals surface area contributed by atoms with Gasteiger partial charge < -0.3 is 0 Å². The second-order valence-electron chi connectivity index (χ2n) is 5.34. The van der Waals surface area contributed by atoms with Gasteiger partial charge >= 0.3 is 0 Å². The molecule has 134 valence electrons. The molecule has 8 nitrogen and oxygen atoms in total. The van der Waals surface area contributed by atoms with Crippen LogP contribution in [0.1, 0.15) is 21.6 Å².